The maximum absolute atomic E-state index is 4.48. The van der Waals surface area contributed by atoms with E-state index in [1.54, 1.807) is 0 Å². The fraction of sp³-hybridized carbons (Fsp3) is 0.438. The molecule has 0 saturated heterocycles. The number of nitrogens with one attached hydrogen (secondary N) is 1. The lowest BCUT2D eigenvalue weighted by Crippen LogP contribution is -2.33. The molecule has 19 heavy (non-hydrogen) atoms. The van der Waals surface area contributed by atoms with Crippen LogP contribution < -0.4 is 5.32 Å². The van der Waals surface area contributed by atoms with E-state index in [2.05, 4.69) is 49.4 Å². The quantitative estimate of drug-likeness (QED) is 0.887. The summed E-state index contributed by atoms with van der Waals surface area (Å²) in [5.41, 5.74) is 2.50. The van der Waals surface area contributed by atoms with Crippen LogP contribution in [0.2, 0.25) is 0 Å². The summed E-state index contributed by atoms with van der Waals surface area (Å²) in [6.07, 6.45) is 2.98. The van der Waals surface area contributed by atoms with Gasteiger partial charge in [-0.05, 0) is 37.1 Å². The molecule has 1 unspecified atom stereocenters. The monoisotopic (exact) mass is 257 g/mol. The molecule has 0 spiro atoms. The molecule has 1 aromatic heterocycles. The number of rotatable bonds is 5. The summed E-state index contributed by atoms with van der Waals surface area (Å²) in [5, 5.41) is 7.92. The van der Waals surface area contributed by atoms with Crippen molar-refractivity contribution < 1.29 is 0 Å². The number of para-hydroxylation sites is 1. The Hall–Kier alpha value is -1.61. The van der Waals surface area contributed by atoms with Gasteiger partial charge in [-0.3, -0.25) is 0 Å². The van der Waals surface area contributed by atoms with Gasteiger partial charge in [-0.2, -0.15) is 5.10 Å². The maximum atomic E-state index is 4.48. The third-order valence-electron chi connectivity index (χ3n) is 3.95. The lowest BCUT2D eigenvalue weighted by molar-refractivity contribution is 0.238. The van der Waals surface area contributed by atoms with Crippen molar-refractivity contribution in [2.45, 2.75) is 33.2 Å². The molecule has 0 radical (unpaired) electrons. The molecular formula is C16H23N3. The molecule has 0 aliphatic rings. The molecule has 0 fully saturated rings. The first-order chi connectivity index (χ1) is 9.10. The summed E-state index contributed by atoms with van der Waals surface area (Å²) in [6.45, 7) is 6.81. The Balaban J connectivity index is 2.44. The van der Waals surface area contributed by atoms with E-state index in [0.29, 0.717) is 0 Å². The molecule has 0 bridgehead atoms. The van der Waals surface area contributed by atoms with Crippen molar-refractivity contribution in [2.75, 3.05) is 7.05 Å². The highest BCUT2D eigenvalue weighted by atomic mass is 15.3. The minimum Gasteiger partial charge on any atom is -0.311 e. The molecule has 3 nitrogen and oxygen atoms in total. The first kappa shape index (κ1) is 13.8. The van der Waals surface area contributed by atoms with Gasteiger partial charge in [0.05, 0.1) is 17.4 Å². The standard InChI is InChI=1S/C16H23N3/c1-5-16(2,3)15(17-4)14-11-12-18-19(14)13-9-7-6-8-10-13/h6-12,15,17H,5H2,1-4H3. The topological polar surface area (TPSA) is 29.9 Å². The fourth-order valence-electron chi connectivity index (χ4n) is 2.46. The Morgan fingerprint density at radius 1 is 1.21 bits per heavy atom. The largest absolute Gasteiger partial charge is 0.311 e. The number of aromatic nitrogens is 2. The molecule has 0 saturated carbocycles. The molecule has 102 valence electrons. The van der Waals surface area contributed by atoms with Crippen LogP contribution in [0.25, 0.3) is 5.69 Å². The van der Waals surface area contributed by atoms with Crippen LogP contribution in [-0.2, 0) is 0 Å². The summed E-state index contributed by atoms with van der Waals surface area (Å²) < 4.78 is 2.03. The van der Waals surface area contributed by atoms with Gasteiger partial charge in [0.2, 0.25) is 0 Å². The van der Waals surface area contributed by atoms with Crippen molar-refractivity contribution in [1.82, 2.24) is 15.1 Å². The van der Waals surface area contributed by atoms with Gasteiger partial charge in [-0.25, -0.2) is 4.68 Å². The number of hydrogen-bond acceptors (Lipinski definition) is 2. The highest BCUT2D eigenvalue weighted by Gasteiger charge is 2.30. The van der Waals surface area contributed by atoms with Gasteiger partial charge >= 0.3 is 0 Å². The average Bonchev–Trinajstić information content (AvgIpc) is 2.89. The molecule has 1 atom stereocenters. The van der Waals surface area contributed by atoms with Gasteiger partial charge in [0.15, 0.2) is 0 Å². The summed E-state index contributed by atoms with van der Waals surface area (Å²) >= 11 is 0. The third kappa shape index (κ3) is 2.71. The smallest absolute Gasteiger partial charge is 0.0649 e. The van der Waals surface area contributed by atoms with Crippen LogP contribution in [0.5, 0.6) is 0 Å². The first-order valence-electron chi connectivity index (χ1n) is 6.86. The highest BCUT2D eigenvalue weighted by molar-refractivity contribution is 5.33. The van der Waals surface area contributed by atoms with E-state index in [4.69, 9.17) is 0 Å². The van der Waals surface area contributed by atoms with Gasteiger partial charge < -0.3 is 5.32 Å². The number of hydrogen-bond donors (Lipinski definition) is 1. The van der Waals surface area contributed by atoms with Crippen molar-refractivity contribution in [3.63, 3.8) is 0 Å². The second-order valence-electron chi connectivity index (χ2n) is 5.57. The molecular weight excluding hydrogens is 234 g/mol. The van der Waals surface area contributed by atoms with Crippen LogP contribution in [0.4, 0.5) is 0 Å². The van der Waals surface area contributed by atoms with Crippen LogP contribution in [0.15, 0.2) is 42.6 Å². The predicted octanol–water partition coefficient (Wildman–Crippen LogP) is 3.57. The zero-order valence-corrected chi connectivity index (χ0v) is 12.2. The van der Waals surface area contributed by atoms with Gasteiger partial charge in [-0.1, -0.05) is 39.0 Å². The van der Waals surface area contributed by atoms with Crippen LogP contribution >= 0.6 is 0 Å². The minimum atomic E-state index is 0.182. The Morgan fingerprint density at radius 3 is 2.47 bits per heavy atom. The van der Waals surface area contributed by atoms with Crippen LogP contribution in [0, 0.1) is 5.41 Å². The lowest BCUT2D eigenvalue weighted by Gasteiger charge is -2.33. The summed E-state index contributed by atoms with van der Waals surface area (Å²) in [6, 6.07) is 12.7. The molecule has 0 aliphatic heterocycles. The molecule has 3 heteroatoms. The molecule has 1 heterocycles. The van der Waals surface area contributed by atoms with Crippen molar-refractivity contribution >= 4 is 0 Å². The Kier molecular flexibility index (Phi) is 4.05. The van der Waals surface area contributed by atoms with Gasteiger partial charge in [0.25, 0.3) is 0 Å². The Labute approximate surface area is 115 Å². The predicted molar refractivity (Wildman–Crippen MR) is 79.4 cm³/mol. The van der Waals surface area contributed by atoms with E-state index in [1.165, 1.54) is 5.69 Å². The second kappa shape index (κ2) is 5.57. The third-order valence-corrected chi connectivity index (χ3v) is 3.95. The Morgan fingerprint density at radius 2 is 1.89 bits per heavy atom. The normalized spacial score (nSPS) is 13.5. The van der Waals surface area contributed by atoms with Crippen LogP contribution in [-0.4, -0.2) is 16.8 Å². The second-order valence-corrected chi connectivity index (χ2v) is 5.57. The van der Waals surface area contributed by atoms with E-state index < -0.39 is 0 Å². The van der Waals surface area contributed by atoms with Crippen molar-refractivity contribution in [3.8, 4) is 5.69 Å². The molecule has 0 aliphatic carbocycles. The lowest BCUT2D eigenvalue weighted by atomic mass is 9.80. The van der Waals surface area contributed by atoms with Gasteiger partial charge in [0.1, 0.15) is 0 Å². The van der Waals surface area contributed by atoms with E-state index in [-0.39, 0.29) is 11.5 Å². The van der Waals surface area contributed by atoms with Crippen LogP contribution in [0.3, 0.4) is 0 Å². The number of benzene rings is 1. The summed E-state index contributed by atoms with van der Waals surface area (Å²) in [5.74, 6) is 0. The SMILES string of the molecule is CCC(C)(C)C(NC)c1ccnn1-c1ccccc1. The fourth-order valence-corrected chi connectivity index (χ4v) is 2.46. The first-order valence-corrected chi connectivity index (χ1v) is 6.86. The van der Waals surface area contributed by atoms with Crippen LogP contribution in [0.1, 0.15) is 38.9 Å². The number of nitrogens with zero attached hydrogens (tertiary/aromatic N) is 2. The van der Waals surface area contributed by atoms with Gasteiger partial charge in [0, 0.05) is 6.20 Å². The molecule has 2 aromatic rings. The molecule has 2 rings (SSSR count). The molecule has 1 N–H and O–H groups in total. The maximum Gasteiger partial charge on any atom is 0.0649 e. The minimum absolute atomic E-state index is 0.182. The van der Waals surface area contributed by atoms with E-state index in [9.17, 15) is 0 Å². The van der Waals surface area contributed by atoms with Crippen molar-refractivity contribution in [2.24, 2.45) is 5.41 Å². The van der Waals surface area contributed by atoms with E-state index >= 15 is 0 Å². The van der Waals surface area contributed by atoms with Crippen molar-refractivity contribution in [3.05, 3.63) is 48.3 Å². The summed E-state index contributed by atoms with van der Waals surface area (Å²) in [4.78, 5) is 0. The van der Waals surface area contributed by atoms with E-state index in [1.807, 2.05) is 36.1 Å². The highest BCUT2D eigenvalue weighted by Crippen LogP contribution is 2.36. The molecule has 0 amide bonds. The zero-order valence-electron chi connectivity index (χ0n) is 12.2. The van der Waals surface area contributed by atoms with E-state index in [0.717, 1.165) is 12.1 Å². The molecule has 1 aromatic carbocycles. The van der Waals surface area contributed by atoms with Crippen molar-refractivity contribution in [1.29, 1.82) is 0 Å². The zero-order chi connectivity index (χ0) is 13.9. The Bertz CT molecular complexity index is 514. The average molecular weight is 257 g/mol. The summed E-state index contributed by atoms with van der Waals surface area (Å²) in [7, 11) is 2.02. The van der Waals surface area contributed by atoms with Gasteiger partial charge in [-0.15, -0.1) is 0 Å².